The van der Waals surface area contributed by atoms with Gasteiger partial charge < -0.3 is 10.1 Å². The molecule has 1 N–H and O–H groups in total. The monoisotopic (exact) mass is 499 g/mol. The van der Waals surface area contributed by atoms with Crippen LogP contribution in [0, 0.1) is 0 Å². The molecule has 0 aliphatic carbocycles. The number of amides is 2. The number of esters is 1. The lowest BCUT2D eigenvalue weighted by Crippen LogP contribution is -2.48. The highest BCUT2D eigenvalue weighted by atomic mass is 35.5. The van der Waals surface area contributed by atoms with Crippen molar-refractivity contribution < 1.29 is 19.1 Å². The zero-order valence-corrected chi connectivity index (χ0v) is 19.7. The largest absolute Gasteiger partial charge is 0.468 e. The van der Waals surface area contributed by atoms with Crippen LogP contribution >= 0.6 is 23.2 Å². The SMILES string of the molecule is COC(=O)CN1C(=O)[C@]2(CC(=O)Nc3c2nnn3[C@@H](C)c2ccc(Cl)cc2)c2cc(Cl)ccc21. The summed E-state index contributed by atoms with van der Waals surface area (Å²) < 4.78 is 6.35. The second-order valence-electron chi connectivity index (χ2n) is 8.22. The van der Waals surface area contributed by atoms with Gasteiger partial charge >= 0.3 is 5.97 Å². The number of hydrogen-bond acceptors (Lipinski definition) is 6. The number of rotatable bonds is 4. The number of halogens is 2. The minimum atomic E-state index is -1.47. The van der Waals surface area contributed by atoms with Gasteiger partial charge in [0.25, 0.3) is 0 Å². The van der Waals surface area contributed by atoms with Crippen molar-refractivity contribution in [3.63, 3.8) is 0 Å². The Hall–Kier alpha value is -3.43. The van der Waals surface area contributed by atoms with Gasteiger partial charge in [0.2, 0.25) is 11.8 Å². The van der Waals surface area contributed by atoms with Crippen LogP contribution in [0.5, 0.6) is 0 Å². The van der Waals surface area contributed by atoms with Crippen molar-refractivity contribution in [3.8, 4) is 0 Å². The van der Waals surface area contributed by atoms with E-state index in [1.54, 1.807) is 35.0 Å². The third-order valence-electron chi connectivity index (χ3n) is 6.34. The molecule has 34 heavy (non-hydrogen) atoms. The molecule has 0 fully saturated rings. The molecule has 0 bridgehead atoms. The number of carbonyl (C=O) groups excluding carboxylic acids is 3. The number of anilines is 2. The predicted molar refractivity (Wildman–Crippen MR) is 125 cm³/mol. The van der Waals surface area contributed by atoms with Gasteiger partial charge in [-0.1, -0.05) is 40.5 Å². The maximum atomic E-state index is 13.9. The van der Waals surface area contributed by atoms with Crippen LogP contribution in [0.4, 0.5) is 11.5 Å². The second kappa shape index (κ2) is 8.11. The van der Waals surface area contributed by atoms with E-state index < -0.39 is 17.3 Å². The number of benzene rings is 2. The van der Waals surface area contributed by atoms with Crippen molar-refractivity contribution in [2.75, 3.05) is 23.9 Å². The zero-order chi connectivity index (χ0) is 24.2. The van der Waals surface area contributed by atoms with Gasteiger partial charge in [0, 0.05) is 15.7 Å². The molecule has 2 atom stereocenters. The quantitative estimate of drug-likeness (QED) is 0.551. The average molecular weight is 500 g/mol. The Morgan fingerprint density at radius 2 is 1.88 bits per heavy atom. The first-order valence-electron chi connectivity index (χ1n) is 10.5. The molecule has 0 saturated carbocycles. The Bertz CT molecular complexity index is 1340. The lowest BCUT2D eigenvalue weighted by Gasteiger charge is -2.31. The highest BCUT2D eigenvalue weighted by molar-refractivity contribution is 6.31. The molecule has 174 valence electrons. The smallest absolute Gasteiger partial charge is 0.325 e. The maximum absolute atomic E-state index is 13.9. The molecule has 0 radical (unpaired) electrons. The molecule has 3 aromatic rings. The first-order chi connectivity index (χ1) is 16.3. The molecule has 5 rings (SSSR count). The number of methoxy groups -OCH3 is 1. The standard InChI is InChI=1S/C23H19Cl2N5O4/c1-12(13-3-5-14(24)6-4-13)30-21-20(27-28-30)23(10-18(31)26-21)16-9-15(25)7-8-17(16)29(22(23)33)11-19(32)34-2/h3-9,12H,10-11H2,1-2H3,(H,26,31)/t12-,23+/m0/s1. The minimum Gasteiger partial charge on any atom is -0.468 e. The van der Waals surface area contributed by atoms with Crippen LogP contribution in [0.2, 0.25) is 10.0 Å². The summed E-state index contributed by atoms with van der Waals surface area (Å²) in [5.41, 5.74) is 0.689. The van der Waals surface area contributed by atoms with Crippen LogP contribution in [0.1, 0.15) is 36.2 Å². The molecule has 9 nitrogen and oxygen atoms in total. The van der Waals surface area contributed by atoms with Crippen LogP contribution in [0.3, 0.4) is 0 Å². The number of nitrogens with zero attached hydrogens (tertiary/aromatic N) is 4. The van der Waals surface area contributed by atoms with Crippen LogP contribution < -0.4 is 10.2 Å². The second-order valence-corrected chi connectivity index (χ2v) is 9.09. The Labute approximate surface area is 204 Å². The third-order valence-corrected chi connectivity index (χ3v) is 6.82. The Kier molecular flexibility index (Phi) is 5.33. The number of ether oxygens (including phenoxy) is 1. The van der Waals surface area contributed by atoms with Crippen molar-refractivity contribution in [3.05, 3.63) is 69.3 Å². The fraction of sp³-hybridized carbons (Fsp3) is 0.261. The summed E-state index contributed by atoms with van der Waals surface area (Å²) in [4.78, 5) is 40.3. The molecular formula is C23H19Cl2N5O4. The molecular weight excluding hydrogens is 481 g/mol. The lowest BCUT2D eigenvalue weighted by atomic mass is 9.73. The van der Waals surface area contributed by atoms with E-state index in [1.165, 1.54) is 12.0 Å². The van der Waals surface area contributed by atoms with Crippen LogP contribution in [-0.2, 0) is 24.5 Å². The maximum Gasteiger partial charge on any atom is 0.325 e. The van der Waals surface area contributed by atoms with Crippen LogP contribution in [-0.4, -0.2) is 46.4 Å². The van der Waals surface area contributed by atoms with Crippen molar-refractivity contribution >= 4 is 52.5 Å². The van der Waals surface area contributed by atoms with E-state index in [1.807, 2.05) is 19.1 Å². The first kappa shape index (κ1) is 22.4. The highest BCUT2D eigenvalue weighted by Gasteiger charge is 2.59. The van der Waals surface area contributed by atoms with E-state index in [0.717, 1.165) is 5.56 Å². The zero-order valence-electron chi connectivity index (χ0n) is 18.2. The molecule has 1 aromatic heterocycles. The Morgan fingerprint density at radius 1 is 1.18 bits per heavy atom. The van der Waals surface area contributed by atoms with Gasteiger partial charge in [-0.15, -0.1) is 5.10 Å². The van der Waals surface area contributed by atoms with Crippen molar-refractivity contribution in [2.24, 2.45) is 0 Å². The number of nitrogens with one attached hydrogen (secondary N) is 1. The van der Waals surface area contributed by atoms with Crippen LogP contribution in [0.15, 0.2) is 42.5 Å². The topological polar surface area (TPSA) is 106 Å². The summed E-state index contributed by atoms with van der Waals surface area (Å²) in [6.07, 6.45) is -0.197. The molecule has 2 aliphatic heterocycles. The molecule has 2 aliphatic rings. The van der Waals surface area contributed by atoms with Crippen molar-refractivity contribution in [1.82, 2.24) is 15.0 Å². The minimum absolute atomic E-state index is 0.197. The molecule has 2 aromatic carbocycles. The van der Waals surface area contributed by atoms with Gasteiger partial charge in [-0.25, -0.2) is 4.68 Å². The van der Waals surface area contributed by atoms with Crippen LogP contribution in [0.25, 0.3) is 0 Å². The van der Waals surface area contributed by atoms with E-state index in [0.29, 0.717) is 32.8 Å². The predicted octanol–water partition coefficient (Wildman–Crippen LogP) is 3.34. The summed E-state index contributed by atoms with van der Waals surface area (Å²) in [5.74, 6) is -1.11. The number of aromatic nitrogens is 3. The number of carbonyl (C=O) groups is 3. The molecule has 0 saturated heterocycles. The Morgan fingerprint density at radius 3 is 2.59 bits per heavy atom. The molecule has 3 heterocycles. The van der Waals surface area contributed by atoms with Gasteiger partial charge in [-0.05, 0) is 48.4 Å². The summed E-state index contributed by atoms with van der Waals surface area (Å²) in [6, 6.07) is 11.8. The van der Waals surface area contributed by atoms with E-state index in [-0.39, 0.29) is 24.9 Å². The summed E-state index contributed by atoms with van der Waals surface area (Å²) in [5, 5.41) is 12.5. The van der Waals surface area contributed by atoms with Gasteiger partial charge in [-0.2, -0.15) is 0 Å². The summed E-state index contributed by atoms with van der Waals surface area (Å²) in [7, 11) is 1.25. The van der Waals surface area contributed by atoms with Gasteiger partial charge in [0.1, 0.15) is 17.7 Å². The molecule has 2 amide bonds. The number of fused-ring (bicyclic) bond motifs is 4. The molecule has 1 spiro atoms. The summed E-state index contributed by atoms with van der Waals surface area (Å²) in [6.45, 7) is 1.59. The van der Waals surface area contributed by atoms with Crippen molar-refractivity contribution in [1.29, 1.82) is 0 Å². The highest BCUT2D eigenvalue weighted by Crippen LogP contribution is 2.52. The van der Waals surface area contributed by atoms with Crippen molar-refractivity contribution in [2.45, 2.75) is 24.8 Å². The van der Waals surface area contributed by atoms with Gasteiger partial charge in [-0.3, -0.25) is 19.3 Å². The lowest BCUT2D eigenvalue weighted by molar-refractivity contribution is -0.140. The van der Waals surface area contributed by atoms with Gasteiger partial charge in [0.15, 0.2) is 5.82 Å². The van der Waals surface area contributed by atoms with E-state index in [2.05, 4.69) is 15.6 Å². The molecule has 0 unspecified atom stereocenters. The average Bonchev–Trinajstić information content (AvgIpc) is 3.33. The Balaban J connectivity index is 1.68. The van der Waals surface area contributed by atoms with E-state index in [4.69, 9.17) is 27.9 Å². The third kappa shape index (κ3) is 3.26. The van der Waals surface area contributed by atoms with E-state index in [9.17, 15) is 14.4 Å². The molecule has 11 heteroatoms. The summed E-state index contributed by atoms with van der Waals surface area (Å²) >= 11 is 12.3. The van der Waals surface area contributed by atoms with E-state index >= 15 is 0 Å². The van der Waals surface area contributed by atoms with Gasteiger partial charge in [0.05, 0.1) is 19.6 Å². The first-order valence-corrected chi connectivity index (χ1v) is 11.2. The normalized spacial score (nSPS) is 19.6. The fourth-order valence-corrected chi connectivity index (χ4v) is 4.94. The fourth-order valence-electron chi connectivity index (χ4n) is 4.64. The number of hydrogen-bond donors (Lipinski definition) is 1.